The Hall–Kier alpha value is -2.34. The molecule has 0 aliphatic carbocycles. The molecule has 19 heavy (non-hydrogen) atoms. The van der Waals surface area contributed by atoms with E-state index in [1.165, 1.54) is 6.07 Å². The number of carboxylic acids is 1. The van der Waals surface area contributed by atoms with Crippen LogP contribution in [0, 0.1) is 0 Å². The van der Waals surface area contributed by atoms with Crippen molar-refractivity contribution in [2.45, 2.75) is 6.61 Å². The molecule has 6 heteroatoms. The summed E-state index contributed by atoms with van der Waals surface area (Å²) >= 11 is 0. The molecule has 0 bridgehead atoms. The van der Waals surface area contributed by atoms with Crippen LogP contribution in [0.25, 0.3) is 11.3 Å². The predicted molar refractivity (Wildman–Crippen MR) is 66.2 cm³/mol. The summed E-state index contributed by atoms with van der Waals surface area (Å²) < 4.78 is 15.3. The number of hydrogen-bond donors (Lipinski definition) is 1. The van der Waals surface area contributed by atoms with Crippen LogP contribution in [0.1, 0.15) is 16.1 Å². The van der Waals surface area contributed by atoms with Crippen molar-refractivity contribution in [2.75, 3.05) is 14.2 Å². The van der Waals surface area contributed by atoms with Crippen molar-refractivity contribution in [3.05, 3.63) is 35.5 Å². The normalized spacial score (nSPS) is 10.4. The minimum atomic E-state index is -1.12. The second kappa shape index (κ2) is 5.53. The Labute approximate surface area is 109 Å². The number of ether oxygens (including phenoxy) is 2. The molecule has 0 amide bonds. The lowest BCUT2D eigenvalue weighted by atomic mass is 10.1. The molecule has 0 aliphatic rings. The predicted octanol–water partition coefficient (Wildman–Crippen LogP) is 2.19. The Morgan fingerprint density at radius 2 is 2.16 bits per heavy atom. The van der Waals surface area contributed by atoms with E-state index in [1.54, 1.807) is 26.4 Å². The van der Waals surface area contributed by atoms with E-state index in [0.29, 0.717) is 23.7 Å². The zero-order valence-electron chi connectivity index (χ0n) is 10.5. The number of aromatic carboxylic acids is 1. The fraction of sp³-hybridized carbons (Fsp3) is 0.231. The second-order valence-electron chi connectivity index (χ2n) is 3.84. The van der Waals surface area contributed by atoms with Crippen LogP contribution < -0.4 is 4.74 Å². The molecule has 0 radical (unpaired) electrons. The molecule has 0 saturated heterocycles. The summed E-state index contributed by atoms with van der Waals surface area (Å²) in [5.74, 6) is -0.0402. The molecule has 0 saturated carbocycles. The highest BCUT2D eigenvalue weighted by Crippen LogP contribution is 2.27. The van der Waals surface area contributed by atoms with E-state index in [1.807, 2.05) is 6.07 Å². The molecule has 2 aromatic rings. The molecule has 0 aliphatic heterocycles. The van der Waals surface area contributed by atoms with E-state index in [-0.39, 0.29) is 5.69 Å². The van der Waals surface area contributed by atoms with E-state index in [2.05, 4.69) is 5.16 Å². The summed E-state index contributed by atoms with van der Waals surface area (Å²) in [6, 6.07) is 6.73. The molecule has 0 fully saturated rings. The van der Waals surface area contributed by atoms with Crippen molar-refractivity contribution in [3.63, 3.8) is 0 Å². The first-order valence-corrected chi connectivity index (χ1v) is 5.52. The highest BCUT2D eigenvalue weighted by molar-refractivity contribution is 5.86. The topological polar surface area (TPSA) is 81.8 Å². The van der Waals surface area contributed by atoms with Gasteiger partial charge in [-0.3, -0.25) is 0 Å². The third-order valence-electron chi connectivity index (χ3n) is 2.59. The van der Waals surface area contributed by atoms with Gasteiger partial charge in [0.1, 0.15) is 5.75 Å². The molecular weight excluding hydrogens is 250 g/mol. The van der Waals surface area contributed by atoms with Crippen LogP contribution in [-0.2, 0) is 11.3 Å². The fourth-order valence-corrected chi connectivity index (χ4v) is 1.71. The third-order valence-corrected chi connectivity index (χ3v) is 2.59. The van der Waals surface area contributed by atoms with Crippen LogP contribution in [0.5, 0.6) is 5.75 Å². The number of carbonyl (C=O) groups is 1. The average Bonchev–Trinajstić information content (AvgIpc) is 2.89. The van der Waals surface area contributed by atoms with Crippen molar-refractivity contribution >= 4 is 5.97 Å². The van der Waals surface area contributed by atoms with Crippen LogP contribution in [0.4, 0.5) is 0 Å². The van der Waals surface area contributed by atoms with Crippen LogP contribution in [0.15, 0.2) is 28.8 Å². The van der Waals surface area contributed by atoms with E-state index < -0.39 is 5.97 Å². The van der Waals surface area contributed by atoms with E-state index in [4.69, 9.17) is 19.1 Å². The van der Waals surface area contributed by atoms with Gasteiger partial charge in [-0.25, -0.2) is 4.79 Å². The summed E-state index contributed by atoms with van der Waals surface area (Å²) in [5.41, 5.74) is 1.43. The Balaban J connectivity index is 2.38. The van der Waals surface area contributed by atoms with Crippen molar-refractivity contribution in [1.82, 2.24) is 5.16 Å². The molecule has 0 atom stereocenters. The van der Waals surface area contributed by atoms with Gasteiger partial charge in [0.2, 0.25) is 0 Å². The van der Waals surface area contributed by atoms with Crippen LogP contribution >= 0.6 is 0 Å². The van der Waals surface area contributed by atoms with Crippen LogP contribution in [0.2, 0.25) is 0 Å². The van der Waals surface area contributed by atoms with E-state index >= 15 is 0 Å². The van der Waals surface area contributed by atoms with Gasteiger partial charge in [0.15, 0.2) is 11.5 Å². The second-order valence-corrected chi connectivity index (χ2v) is 3.84. The maximum absolute atomic E-state index is 10.8. The van der Waals surface area contributed by atoms with Crippen LogP contribution in [0.3, 0.4) is 0 Å². The molecule has 0 unspecified atom stereocenters. The third kappa shape index (κ3) is 2.74. The number of nitrogens with zero attached hydrogens (tertiary/aromatic N) is 1. The van der Waals surface area contributed by atoms with Gasteiger partial charge < -0.3 is 19.1 Å². The van der Waals surface area contributed by atoms with Crippen molar-refractivity contribution in [2.24, 2.45) is 0 Å². The molecule has 1 aromatic heterocycles. The van der Waals surface area contributed by atoms with Crippen LogP contribution in [-0.4, -0.2) is 30.5 Å². The van der Waals surface area contributed by atoms with Gasteiger partial charge in [-0.05, 0) is 18.2 Å². The maximum Gasteiger partial charge on any atom is 0.358 e. The van der Waals surface area contributed by atoms with Crippen molar-refractivity contribution in [1.29, 1.82) is 0 Å². The zero-order valence-corrected chi connectivity index (χ0v) is 10.5. The largest absolute Gasteiger partial charge is 0.496 e. The summed E-state index contributed by atoms with van der Waals surface area (Å²) in [5, 5.41) is 12.3. The fourth-order valence-electron chi connectivity index (χ4n) is 1.71. The van der Waals surface area contributed by atoms with Gasteiger partial charge in [-0.1, -0.05) is 5.16 Å². The highest BCUT2D eigenvalue weighted by atomic mass is 16.5. The van der Waals surface area contributed by atoms with E-state index in [9.17, 15) is 4.79 Å². The average molecular weight is 263 g/mol. The molecule has 0 spiro atoms. The summed E-state index contributed by atoms with van der Waals surface area (Å²) in [6.07, 6.45) is 0. The number of hydrogen-bond acceptors (Lipinski definition) is 5. The van der Waals surface area contributed by atoms with Gasteiger partial charge in [0, 0.05) is 24.3 Å². The summed E-state index contributed by atoms with van der Waals surface area (Å²) in [4.78, 5) is 10.8. The Morgan fingerprint density at radius 3 is 2.74 bits per heavy atom. The quantitative estimate of drug-likeness (QED) is 0.890. The molecule has 100 valence electrons. The van der Waals surface area contributed by atoms with Gasteiger partial charge in [0.05, 0.1) is 13.7 Å². The van der Waals surface area contributed by atoms with E-state index in [0.717, 1.165) is 5.56 Å². The minimum absolute atomic E-state index is 0.126. The Morgan fingerprint density at radius 1 is 1.37 bits per heavy atom. The molecule has 1 aromatic carbocycles. The summed E-state index contributed by atoms with van der Waals surface area (Å²) in [6.45, 7) is 0.386. The standard InChI is InChI=1S/C13H13NO5/c1-17-7-9-5-8(3-4-11(9)18-2)12-6-10(13(15)16)14-19-12/h3-6H,7H2,1-2H3,(H,15,16). The first-order chi connectivity index (χ1) is 9.15. The first-order valence-electron chi connectivity index (χ1n) is 5.52. The smallest absolute Gasteiger partial charge is 0.358 e. The van der Waals surface area contributed by atoms with Gasteiger partial charge in [-0.2, -0.15) is 0 Å². The number of rotatable bonds is 5. The molecule has 2 rings (SSSR count). The number of aromatic nitrogens is 1. The molecule has 6 nitrogen and oxygen atoms in total. The maximum atomic E-state index is 10.8. The molecular formula is C13H13NO5. The molecule has 1 heterocycles. The number of benzene rings is 1. The number of methoxy groups -OCH3 is 2. The monoisotopic (exact) mass is 263 g/mol. The highest BCUT2D eigenvalue weighted by Gasteiger charge is 2.13. The lowest BCUT2D eigenvalue weighted by molar-refractivity contribution is 0.0686. The van der Waals surface area contributed by atoms with Gasteiger partial charge >= 0.3 is 5.97 Å². The first kappa shape index (κ1) is 13.1. The lowest BCUT2D eigenvalue weighted by Gasteiger charge is -2.08. The van der Waals surface area contributed by atoms with Crippen molar-refractivity contribution in [3.8, 4) is 17.1 Å². The zero-order chi connectivity index (χ0) is 13.8. The van der Waals surface area contributed by atoms with Gasteiger partial charge in [0.25, 0.3) is 0 Å². The SMILES string of the molecule is COCc1cc(-c2cc(C(=O)O)no2)ccc1OC. The Bertz CT molecular complexity index is 590. The lowest BCUT2D eigenvalue weighted by Crippen LogP contribution is -1.95. The number of carboxylic acid groups (broad SMARTS) is 1. The minimum Gasteiger partial charge on any atom is -0.496 e. The molecule has 1 N–H and O–H groups in total. The summed E-state index contributed by atoms with van der Waals surface area (Å²) in [7, 11) is 3.16. The van der Waals surface area contributed by atoms with Crippen molar-refractivity contribution < 1.29 is 23.9 Å². The Kier molecular flexibility index (Phi) is 3.82. The van der Waals surface area contributed by atoms with Gasteiger partial charge in [-0.15, -0.1) is 0 Å².